The quantitative estimate of drug-likeness (QED) is 0.814. The molecule has 0 aliphatic carbocycles. The highest BCUT2D eigenvalue weighted by Gasteiger charge is 2.15. The molecule has 2 rings (SSSR count). The number of rotatable bonds is 6. The van der Waals surface area contributed by atoms with Crippen molar-refractivity contribution in [1.82, 2.24) is 4.90 Å². The van der Waals surface area contributed by atoms with Crippen LogP contribution in [0.1, 0.15) is 40.1 Å². The third-order valence-corrected chi connectivity index (χ3v) is 3.97. The lowest BCUT2D eigenvalue weighted by molar-refractivity contribution is -0.133. The summed E-state index contributed by atoms with van der Waals surface area (Å²) in [4.78, 5) is 36.8. The monoisotopic (exact) mass is 372 g/mol. The van der Waals surface area contributed by atoms with Gasteiger partial charge in [0, 0.05) is 25.1 Å². The number of hydrogen-bond acceptors (Lipinski definition) is 3. The van der Waals surface area contributed by atoms with Crippen molar-refractivity contribution in [3.63, 3.8) is 0 Å². The summed E-state index contributed by atoms with van der Waals surface area (Å²) in [6, 6.07) is 9.73. The van der Waals surface area contributed by atoms with E-state index < -0.39 is 17.7 Å². The number of anilines is 1. The fourth-order valence-corrected chi connectivity index (χ4v) is 2.50. The highest BCUT2D eigenvalue weighted by atomic mass is 19.1. The van der Waals surface area contributed by atoms with Crippen LogP contribution in [0.25, 0.3) is 0 Å². The van der Waals surface area contributed by atoms with Gasteiger partial charge in [-0.25, -0.2) is 9.18 Å². The van der Waals surface area contributed by atoms with Crippen LogP contribution in [-0.2, 0) is 11.3 Å². The molecule has 0 aliphatic heterocycles. The molecule has 0 bridgehead atoms. The number of carbonyl (C=O) groups is 3. The van der Waals surface area contributed by atoms with Gasteiger partial charge in [0.1, 0.15) is 5.82 Å². The maximum atomic E-state index is 13.8. The minimum Gasteiger partial charge on any atom is -0.478 e. The Morgan fingerprint density at radius 1 is 1.07 bits per heavy atom. The summed E-state index contributed by atoms with van der Waals surface area (Å²) in [6.45, 7) is 4.06. The highest BCUT2D eigenvalue weighted by molar-refractivity contribution is 6.04. The van der Waals surface area contributed by atoms with Crippen molar-refractivity contribution in [2.75, 3.05) is 12.4 Å². The van der Waals surface area contributed by atoms with Crippen LogP contribution in [0.4, 0.5) is 10.1 Å². The Kier molecular flexibility index (Phi) is 6.28. The Morgan fingerprint density at radius 2 is 1.67 bits per heavy atom. The Balaban J connectivity index is 2.09. The topological polar surface area (TPSA) is 86.7 Å². The summed E-state index contributed by atoms with van der Waals surface area (Å²) >= 11 is 0. The molecule has 2 N–H and O–H groups in total. The Bertz CT molecular complexity index is 863. The van der Waals surface area contributed by atoms with E-state index in [2.05, 4.69) is 5.32 Å². The number of aromatic carboxylic acids is 1. The zero-order valence-corrected chi connectivity index (χ0v) is 15.3. The average Bonchev–Trinajstić information content (AvgIpc) is 2.63. The molecule has 0 saturated heterocycles. The second kappa shape index (κ2) is 8.44. The van der Waals surface area contributed by atoms with E-state index >= 15 is 0 Å². The zero-order valence-electron chi connectivity index (χ0n) is 15.3. The molecule has 0 fully saturated rings. The predicted molar refractivity (Wildman–Crippen MR) is 99.1 cm³/mol. The molecule has 0 aromatic heterocycles. The molecular weight excluding hydrogens is 351 g/mol. The summed E-state index contributed by atoms with van der Waals surface area (Å²) in [5.41, 5.74) is 0.810. The van der Waals surface area contributed by atoms with E-state index in [1.807, 2.05) is 13.8 Å². The predicted octanol–water partition coefficient (Wildman–Crippen LogP) is 3.39. The van der Waals surface area contributed by atoms with Crippen LogP contribution in [0.5, 0.6) is 0 Å². The van der Waals surface area contributed by atoms with Gasteiger partial charge in [0.15, 0.2) is 0 Å². The highest BCUT2D eigenvalue weighted by Crippen LogP contribution is 2.18. The van der Waals surface area contributed by atoms with Crippen LogP contribution in [0, 0.1) is 11.7 Å². The van der Waals surface area contributed by atoms with Gasteiger partial charge in [-0.05, 0) is 35.9 Å². The normalized spacial score (nSPS) is 10.6. The summed E-state index contributed by atoms with van der Waals surface area (Å²) in [5.74, 6) is -2.58. The van der Waals surface area contributed by atoms with Gasteiger partial charge in [-0.3, -0.25) is 9.59 Å². The van der Waals surface area contributed by atoms with Gasteiger partial charge in [0.2, 0.25) is 5.91 Å². The van der Waals surface area contributed by atoms with E-state index in [0.29, 0.717) is 6.54 Å². The molecular formula is C20H21FN2O4. The first-order valence-electron chi connectivity index (χ1n) is 8.37. The average molecular weight is 372 g/mol. The van der Waals surface area contributed by atoms with Crippen molar-refractivity contribution in [2.24, 2.45) is 5.92 Å². The number of amides is 2. The maximum Gasteiger partial charge on any atom is 0.335 e. The number of hydrogen-bond donors (Lipinski definition) is 2. The third-order valence-electron chi connectivity index (χ3n) is 3.97. The molecule has 0 saturated carbocycles. The fraction of sp³-hybridized carbons (Fsp3) is 0.250. The molecule has 27 heavy (non-hydrogen) atoms. The Hall–Kier alpha value is -3.22. The van der Waals surface area contributed by atoms with Gasteiger partial charge in [-0.15, -0.1) is 0 Å². The minimum atomic E-state index is -1.21. The number of carboxylic acids is 1. The second-order valence-corrected chi connectivity index (χ2v) is 6.50. The first-order valence-corrected chi connectivity index (χ1v) is 8.37. The van der Waals surface area contributed by atoms with Crippen molar-refractivity contribution in [2.45, 2.75) is 20.4 Å². The molecule has 7 heteroatoms. The van der Waals surface area contributed by atoms with Gasteiger partial charge in [-0.2, -0.15) is 0 Å². The zero-order chi connectivity index (χ0) is 20.1. The first-order chi connectivity index (χ1) is 12.7. The Morgan fingerprint density at radius 3 is 2.22 bits per heavy atom. The number of nitrogens with one attached hydrogen (secondary N) is 1. The largest absolute Gasteiger partial charge is 0.478 e. The number of nitrogens with zero attached hydrogens (tertiary/aromatic N) is 1. The summed E-state index contributed by atoms with van der Waals surface area (Å²) in [7, 11) is 1.71. The minimum absolute atomic E-state index is 0.0191. The number of halogens is 1. The Labute approximate surface area is 156 Å². The lowest BCUT2D eigenvalue weighted by Crippen LogP contribution is -2.29. The summed E-state index contributed by atoms with van der Waals surface area (Å²) in [6.07, 6.45) is 0. The van der Waals surface area contributed by atoms with Crippen molar-refractivity contribution in [1.29, 1.82) is 0 Å². The van der Waals surface area contributed by atoms with Crippen LogP contribution < -0.4 is 5.32 Å². The molecule has 0 atom stereocenters. The van der Waals surface area contributed by atoms with Crippen molar-refractivity contribution >= 4 is 23.5 Å². The van der Waals surface area contributed by atoms with Crippen LogP contribution >= 0.6 is 0 Å². The molecule has 2 amide bonds. The molecule has 0 heterocycles. The van der Waals surface area contributed by atoms with Gasteiger partial charge in [0.05, 0.1) is 11.3 Å². The molecule has 0 aliphatic rings. The van der Waals surface area contributed by atoms with Crippen molar-refractivity contribution < 1.29 is 23.9 Å². The molecule has 0 spiro atoms. The molecule has 6 nitrogen and oxygen atoms in total. The van der Waals surface area contributed by atoms with E-state index in [9.17, 15) is 18.8 Å². The van der Waals surface area contributed by atoms with E-state index in [1.54, 1.807) is 36.2 Å². The molecule has 0 radical (unpaired) electrons. The standard InChI is InChI=1S/C20H21FN2O4/c1-12(2)19(25)23(3)11-13-4-6-14(7-5-13)18(24)22-17-10-15(20(26)27)8-9-16(17)21/h4-10,12H,11H2,1-3H3,(H,22,24)(H,26,27). The number of carbonyl (C=O) groups excluding carboxylic acids is 2. The lowest BCUT2D eigenvalue weighted by Gasteiger charge is -2.19. The first kappa shape index (κ1) is 20.1. The van der Waals surface area contributed by atoms with E-state index in [4.69, 9.17) is 5.11 Å². The van der Waals surface area contributed by atoms with E-state index in [-0.39, 0.29) is 28.6 Å². The van der Waals surface area contributed by atoms with Gasteiger partial charge >= 0.3 is 5.97 Å². The smallest absolute Gasteiger partial charge is 0.335 e. The SMILES string of the molecule is CC(C)C(=O)N(C)Cc1ccc(C(=O)Nc2cc(C(=O)O)ccc2F)cc1. The van der Waals surface area contributed by atoms with Crippen LogP contribution in [0.15, 0.2) is 42.5 Å². The molecule has 142 valence electrons. The lowest BCUT2D eigenvalue weighted by atomic mass is 10.1. The van der Waals surface area contributed by atoms with E-state index in [0.717, 1.165) is 23.8 Å². The maximum absolute atomic E-state index is 13.8. The second-order valence-electron chi connectivity index (χ2n) is 6.50. The van der Waals surface area contributed by atoms with Gasteiger partial charge in [-0.1, -0.05) is 26.0 Å². The number of carboxylic acid groups (broad SMARTS) is 1. The number of benzene rings is 2. The van der Waals surface area contributed by atoms with Crippen LogP contribution in [0.2, 0.25) is 0 Å². The van der Waals surface area contributed by atoms with Gasteiger partial charge < -0.3 is 15.3 Å². The third kappa shape index (κ3) is 5.13. The molecule has 0 unspecified atom stereocenters. The van der Waals surface area contributed by atoms with Gasteiger partial charge in [0.25, 0.3) is 5.91 Å². The van der Waals surface area contributed by atoms with Crippen molar-refractivity contribution in [3.8, 4) is 0 Å². The summed E-state index contributed by atoms with van der Waals surface area (Å²) in [5, 5.41) is 11.3. The summed E-state index contributed by atoms with van der Waals surface area (Å²) < 4.78 is 13.8. The molecule has 2 aromatic carbocycles. The van der Waals surface area contributed by atoms with Crippen molar-refractivity contribution in [3.05, 3.63) is 65.0 Å². The molecule has 2 aromatic rings. The van der Waals surface area contributed by atoms with Crippen LogP contribution in [-0.4, -0.2) is 34.8 Å². The fourth-order valence-electron chi connectivity index (χ4n) is 2.50. The van der Waals surface area contributed by atoms with Crippen LogP contribution in [0.3, 0.4) is 0 Å². The van der Waals surface area contributed by atoms with E-state index in [1.165, 1.54) is 0 Å².